The first-order valence-electron chi connectivity index (χ1n) is 6.91. The van der Waals surface area contributed by atoms with Crippen molar-refractivity contribution in [3.05, 3.63) is 65.5 Å². The molecule has 0 spiro atoms. The van der Waals surface area contributed by atoms with Crippen LogP contribution in [0.25, 0.3) is 0 Å². The van der Waals surface area contributed by atoms with Crippen molar-refractivity contribution >= 4 is 11.6 Å². The Kier molecular flexibility index (Phi) is 5.46. The lowest BCUT2D eigenvalue weighted by molar-refractivity contribution is -0.116. The molecular formula is C17H18FNO2. The Bertz CT molecular complexity index is 579. The molecule has 4 heteroatoms. The molecule has 0 aliphatic rings. The lowest BCUT2D eigenvalue weighted by Gasteiger charge is -2.06. The topological polar surface area (TPSA) is 49.3 Å². The Labute approximate surface area is 123 Å². The average molecular weight is 287 g/mol. The van der Waals surface area contributed by atoms with Crippen LogP contribution in [0.15, 0.2) is 48.5 Å². The van der Waals surface area contributed by atoms with Crippen molar-refractivity contribution in [2.24, 2.45) is 0 Å². The Hall–Kier alpha value is -2.20. The van der Waals surface area contributed by atoms with Gasteiger partial charge in [0.1, 0.15) is 5.82 Å². The first-order chi connectivity index (χ1) is 10.2. The molecule has 2 aromatic rings. The largest absolute Gasteiger partial charge is 0.396 e. The summed E-state index contributed by atoms with van der Waals surface area (Å²) in [6, 6.07) is 13.6. The molecule has 21 heavy (non-hydrogen) atoms. The number of halogens is 1. The molecule has 0 unspecified atom stereocenters. The molecule has 0 saturated carbocycles. The maximum Gasteiger partial charge on any atom is 0.224 e. The maximum atomic E-state index is 12.8. The van der Waals surface area contributed by atoms with E-state index in [-0.39, 0.29) is 18.3 Å². The minimum absolute atomic E-state index is 0.0748. The zero-order valence-corrected chi connectivity index (χ0v) is 11.7. The zero-order valence-electron chi connectivity index (χ0n) is 11.7. The van der Waals surface area contributed by atoms with Crippen LogP contribution in [0.1, 0.15) is 17.5 Å². The van der Waals surface area contributed by atoms with Crippen molar-refractivity contribution in [1.82, 2.24) is 0 Å². The molecule has 0 heterocycles. The monoisotopic (exact) mass is 287 g/mol. The number of rotatable bonds is 6. The molecule has 110 valence electrons. The SMILES string of the molecule is O=C(CCc1ccc(F)cc1)Nc1ccc(CCO)cc1. The second kappa shape index (κ2) is 7.55. The number of hydrogen-bond donors (Lipinski definition) is 2. The van der Waals surface area contributed by atoms with Crippen molar-refractivity contribution in [1.29, 1.82) is 0 Å². The fraction of sp³-hybridized carbons (Fsp3) is 0.235. The molecule has 0 atom stereocenters. The van der Waals surface area contributed by atoms with E-state index in [0.717, 1.165) is 16.8 Å². The third kappa shape index (κ3) is 5.00. The van der Waals surface area contributed by atoms with Gasteiger partial charge in [-0.1, -0.05) is 24.3 Å². The van der Waals surface area contributed by atoms with Crippen molar-refractivity contribution in [2.45, 2.75) is 19.3 Å². The number of anilines is 1. The fourth-order valence-corrected chi connectivity index (χ4v) is 2.02. The second-order valence-electron chi connectivity index (χ2n) is 4.85. The normalized spacial score (nSPS) is 10.4. The summed E-state index contributed by atoms with van der Waals surface area (Å²) in [6.07, 6.45) is 1.54. The summed E-state index contributed by atoms with van der Waals surface area (Å²) in [5.41, 5.74) is 2.70. The van der Waals surface area contributed by atoms with Gasteiger partial charge in [0.2, 0.25) is 5.91 Å². The Morgan fingerprint density at radius 3 is 2.14 bits per heavy atom. The third-order valence-electron chi connectivity index (χ3n) is 3.19. The van der Waals surface area contributed by atoms with E-state index in [1.807, 2.05) is 24.3 Å². The highest BCUT2D eigenvalue weighted by molar-refractivity contribution is 5.90. The molecule has 0 aromatic heterocycles. The molecule has 0 radical (unpaired) electrons. The van der Waals surface area contributed by atoms with Gasteiger partial charge in [-0.3, -0.25) is 4.79 Å². The van der Waals surface area contributed by atoms with Crippen molar-refractivity contribution in [3.63, 3.8) is 0 Å². The molecule has 2 N–H and O–H groups in total. The summed E-state index contributed by atoms with van der Waals surface area (Å²) < 4.78 is 12.8. The van der Waals surface area contributed by atoms with Gasteiger partial charge in [-0.15, -0.1) is 0 Å². The van der Waals surface area contributed by atoms with E-state index < -0.39 is 0 Å². The number of aliphatic hydroxyl groups is 1. The first-order valence-corrected chi connectivity index (χ1v) is 6.91. The van der Waals surface area contributed by atoms with Crippen LogP contribution in [0.4, 0.5) is 10.1 Å². The van der Waals surface area contributed by atoms with Crippen LogP contribution in [0.5, 0.6) is 0 Å². The van der Waals surface area contributed by atoms with E-state index in [9.17, 15) is 9.18 Å². The van der Waals surface area contributed by atoms with Gasteiger partial charge in [0, 0.05) is 18.7 Å². The quantitative estimate of drug-likeness (QED) is 0.858. The first kappa shape index (κ1) is 15.2. The number of carbonyl (C=O) groups excluding carboxylic acids is 1. The fourth-order valence-electron chi connectivity index (χ4n) is 2.02. The highest BCUT2D eigenvalue weighted by atomic mass is 19.1. The van der Waals surface area contributed by atoms with E-state index in [1.165, 1.54) is 12.1 Å². The average Bonchev–Trinajstić information content (AvgIpc) is 2.49. The molecule has 0 aliphatic heterocycles. The van der Waals surface area contributed by atoms with Crippen LogP contribution in [-0.4, -0.2) is 17.6 Å². The van der Waals surface area contributed by atoms with Crippen molar-refractivity contribution in [3.8, 4) is 0 Å². The summed E-state index contributed by atoms with van der Waals surface area (Å²) in [7, 11) is 0. The van der Waals surface area contributed by atoms with Crippen LogP contribution in [0.2, 0.25) is 0 Å². The lowest BCUT2D eigenvalue weighted by atomic mass is 10.1. The summed E-state index contributed by atoms with van der Waals surface area (Å²) in [5.74, 6) is -0.347. The van der Waals surface area contributed by atoms with E-state index in [2.05, 4.69) is 5.32 Å². The number of hydrogen-bond acceptors (Lipinski definition) is 2. The summed E-state index contributed by atoms with van der Waals surface area (Å²) >= 11 is 0. The standard InChI is InChI=1S/C17H18FNO2/c18-15-6-1-13(2-7-15)5-10-17(21)19-16-8-3-14(4-9-16)11-12-20/h1-4,6-9,20H,5,10-12H2,(H,19,21). The molecule has 0 bridgehead atoms. The summed E-state index contributed by atoms with van der Waals surface area (Å²) in [6.45, 7) is 0.114. The van der Waals surface area contributed by atoms with Gasteiger partial charge in [0.15, 0.2) is 0 Å². The highest BCUT2D eigenvalue weighted by Crippen LogP contribution is 2.11. The minimum Gasteiger partial charge on any atom is -0.396 e. The molecule has 3 nitrogen and oxygen atoms in total. The smallest absolute Gasteiger partial charge is 0.224 e. The van der Waals surface area contributed by atoms with Crippen LogP contribution in [0.3, 0.4) is 0 Å². The number of aliphatic hydroxyl groups excluding tert-OH is 1. The molecule has 2 aromatic carbocycles. The van der Waals surface area contributed by atoms with Crippen LogP contribution >= 0.6 is 0 Å². The van der Waals surface area contributed by atoms with Gasteiger partial charge in [0.25, 0.3) is 0 Å². The molecule has 1 amide bonds. The van der Waals surface area contributed by atoms with Crippen molar-refractivity contribution < 1.29 is 14.3 Å². The molecule has 0 fully saturated rings. The molecule has 0 aliphatic carbocycles. The lowest BCUT2D eigenvalue weighted by Crippen LogP contribution is -2.12. The van der Waals surface area contributed by atoms with E-state index >= 15 is 0 Å². The number of amides is 1. The number of carbonyl (C=O) groups is 1. The number of nitrogens with one attached hydrogen (secondary N) is 1. The maximum absolute atomic E-state index is 12.8. The molecule has 2 rings (SSSR count). The van der Waals surface area contributed by atoms with Crippen molar-refractivity contribution in [2.75, 3.05) is 11.9 Å². The van der Waals surface area contributed by atoms with Crippen LogP contribution < -0.4 is 5.32 Å². The Balaban J connectivity index is 1.82. The van der Waals surface area contributed by atoms with Gasteiger partial charge in [-0.2, -0.15) is 0 Å². The predicted molar refractivity (Wildman–Crippen MR) is 80.6 cm³/mol. The second-order valence-corrected chi connectivity index (χ2v) is 4.85. The predicted octanol–water partition coefficient (Wildman–Crippen LogP) is 2.93. The minimum atomic E-state index is -0.272. The third-order valence-corrected chi connectivity index (χ3v) is 3.19. The summed E-state index contributed by atoms with van der Waals surface area (Å²) in [4.78, 5) is 11.8. The van der Waals surface area contributed by atoms with Gasteiger partial charge in [-0.05, 0) is 48.2 Å². The molecular weight excluding hydrogens is 269 g/mol. The van der Waals surface area contributed by atoms with E-state index in [0.29, 0.717) is 19.3 Å². The number of benzene rings is 2. The van der Waals surface area contributed by atoms with E-state index in [4.69, 9.17) is 5.11 Å². The van der Waals surface area contributed by atoms with Gasteiger partial charge in [0.05, 0.1) is 0 Å². The van der Waals surface area contributed by atoms with E-state index in [1.54, 1.807) is 12.1 Å². The van der Waals surface area contributed by atoms with Crippen LogP contribution in [-0.2, 0) is 17.6 Å². The van der Waals surface area contributed by atoms with Gasteiger partial charge >= 0.3 is 0 Å². The zero-order chi connectivity index (χ0) is 15.1. The summed E-state index contributed by atoms with van der Waals surface area (Å²) in [5, 5.41) is 11.7. The van der Waals surface area contributed by atoms with Crippen LogP contribution in [0, 0.1) is 5.82 Å². The Morgan fingerprint density at radius 2 is 1.52 bits per heavy atom. The number of aryl methyl sites for hydroxylation is 1. The highest BCUT2D eigenvalue weighted by Gasteiger charge is 2.03. The van der Waals surface area contributed by atoms with Gasteiger partial charge in [-0.25, -0.2) is 4.39 Å². The Morgan fingerprint density at radius 1 is 0.952 bits per heavy atom. The van der Waals surface area contributed by atoms with Gasteiger partial charge < -0.3 is 10.4 Å². The molecule has 0 saturated heterocycles.